The molecule has 0 spiro atoms. The number of hydrogen-bond acceptors (Lipinski definition) is 5. The molecule has 148 valence electrons. The van der Waals surface area contributed by atoms with Gasteiger partial charge >= 0.3 is 0 Å². The van der Waals surface area contributed by atoms with Crippen molar-refractivity contribution in [2.45, 2.75) is 26.9 Å². The first-order valence-corrected chi connectivity index (χ1v) is 9.47. The topological polar surface area (TPSA) is 74.8 Å². The number of anilines is 2. The number of nitrogens with one attached hydrogen (secondary N) is 1. The number of para-hydroxylation sites is 2. The zero-order chi connectivity index (χ0) is 20.1. The van der Waals surface area contributed by atoms with Gasteiger partial charge in [0.05, 0.1) is 17.4 Å². The Morgan fingerprint density at radius 3 is 2.32 bits per heavy atom. The second-order valence-corrected chi connectivity index (χ2v) is 7.02. The summed E-state index contributed by atoms with van der Waals surface area (Å²) < 4.78 is 5.81. The van der Waals surface area contributed by atoms with Gasteiger partial charge in [0.25, 0.3) is 5.91 Å². The average Bonchev–Trinajstić information content (AvgIpc) is 2.69. The molecule has 1 aromatic carbocycles. The van der Waals surface area contributed by atoms with Crippen LogP contribution in [0.5, 0.6) is 5.75 Å². The maximum Gasteiger partial charge on any atom is 0.255 e. The number of nitrogens with zero attached hydrogens (tertiary/aromatic N) is 3. The minimum atomic E-state index is -0.0641. The van der Waals surface area contributed by atoms with Crippen LogP contribution in [0.1, 0.15) is 31.1 Å². The summed E-state index contributed by atoms with van der Waals surface area (Å²) in [4.78, 5) is 32.0. The highest BCUT2D eigenvalue weighted by Gasteiger charge is 2.23. The van der Waals surface area contributed by atoms with E-state index in [0.717, 1.165) is 11.4 Å². The van der Waals surface area contributed by atoms with Crippen molar-refractivity contribution in [3.63, 3.8) is 0 Å². The first-order chi connectivity index (χ1) is 13.4. The normalized spacial score (nSPS) is 14.1. The van der Waals surface area contributed by atoms with Crippen LogP contribution in [-0.4, -0.2) is 58.9 Å². The van der Waals surface area contributed by atoms with Crippen molar-refractivity contribution in [3.8, 4) is 5.75 Å². The Bertz CT molecular complexity index is 828. The monoisotopic (exact) mass is 382 g/mol. The maximum absolute atomic E-state index is 12.7. The second-order valence-electron chi connectivity index (χ2n) is 7.02. The minimum absolute atomic E-state index is 0.0471. The highest BCUT2D eigenvalue weighted by Crippen LogP contribution is 2.27. The molecule has 0 radical (unpaired) electrons. The molecule has 7 nitrogen and oxygen atoms in total. The zero-order valence-corrected chi connectivity index (χ0v) is 16.5. The fourth-order valence-electron chi connectivity index (χ4n) is 3.07. The number of carbonyl (C=O) groups excluding carboxylic acids is 2. The fraction of sp³-hybridized carbons (Fsp3) is 0.381. The Balaban J connectivity index is 1.64. The molecule has 1 aliphatic rings. The molecule has 1 saturated heterocycles. The molecule has 0 unspecified atom stereocenters. The first-order valence-electron chi connectivity index (χ1n) is 9.47. The van der Waals surface area contributed by atoms with Gasteiger partial charge in [0.2, 0.25) is 5.91 Å². The lowest BCUT2D eigenvalue weighted by atomic mass is 10.2. The van der Waals surface area contributed by atoms with E-state index >= 15 is 0 Å². The van der Waals surface area contributed by atoms with Crippen LogP contribution in [0.4, 0.5) is 11.5 Å². The number of piperazine rings is 1. The summed E-state index contributed by atoms with van der Waals surface area (Å²) in [6.45, 7) is 7.73. The van der Waals surface area contributed by atoms with E-state index < -0.39 is 0 Å². The van der Waals surface area contributed by atoms with Gasteiger partial charge in [-0.15, -0.1) is 0 Å². The molecule has 2 heterocycles. The molecule has 0 atom stereocenters. The first kappa shape index (κ1) is 19.7. The summed E-state index contributed by atoms with van der Waals surface area (Å²) in [6, 6.07) is 11.2. The number of pyridine rings is 1. The van der Waals surface area contributed by atoms with Crippen LogP contribution in [0.15, 0.2) is 42.6 Å². The summed E-state index contributed by atoms with van der Waals surface area (Å²) in [5.41, 5.74) is 1.36. The lowest BCUT2D eigenvalue weighted by molar-refractivity contribution is -0.130. The fourth-order valence-corrected chi connectivity index (χ4v) is 3.07. The lowest BCUT2D eigenvalue weighted by Crippen LogP contribution is -2.50. The number of benzene rings is 1. The van der Waals surface area contributed by atoms with Crippen molar-refractivity contribution in [1.82, 2.24) is 14.8 Å². The number of ether oxygens (including phenoxy) is 1. The second kappa shape index (κ2) is 8.73. The molecular formula is C21H26N4O3. The van der Waals surface area contributed by atoms with Crippen LogP contribution in [0.25, 0.3) is 0 Å². The standard InChI is InChI=1S/C21H26N4O3/c1-15(2)28-19-7-5-4-6-18(19)23-20-9-8-17(14-22-20)21(27)25-12-10-24(11-13-25)16(3)26/h4-9,14-15H,10-13H2,1-3H3,(H,22,23). The molecule has 1 aromatic heterocycles. The third-order valence-corrected chi connectivity index (χ3v) is 4.54. The van der Waals surface area contributed by atoms with Crippen LogP contribution in [-0.2, 0) is 4.79 Å². The number of rotatable bonds is 5. The lowest BCUT2D eigenvalue weighted by Gasteiger charge is -2.34. The molecule has 1 fully saturated rings. The highest BCUT2D eigenvalue weighted by molar-refractivity contribution is 5.94. The van der Waals surface area contributed by atoms with Gasteiger partial charge < -0.3 is 19.9 Å². The van der Waals surface area contributed by atoms with Crippen molar-refractivity contribution in [2.24, 2.45) is 0 Å². The highest BCUT2D eigenvalue weighted by atomic mass is 16.5. The van der Waals surface area contributed by atoms with Gasteiger partial charge in [-0.3, -0.25) is 9.59 Å². The Hall–Kier alpha value is -3.09. The van der Waals surface area contributed by atoms with Crippen molar-refractivity contribution in [2.75, 3.05) is 31.5 Å². The van der Waals surface area contributed by atoms with Crippen LogP contribution >= 0.6 is 0 Å². The quantitative estimate of drug-likeness (QED) is 0.861. The molecule has 1 aliphatic heterocycles. The Morgan fingerprint density at radius 1 is 1.04 bits per heavy atom. The van der Waals surface area contributed by atoms with Crippen LogP contribution in [0.3, 0.4) is 0 Å². The predicted molar refractivity (Wildman–Crippen MR) is 108 cm³/mol. The maximum atomic E-state index is 12.7. The molecule has 28 heavy (non-hydrogen) atoms. The smallest absolute Gasteiger partial charge is 0.255 e. The van der Waals surface area contributed by atoms with E-state index in [1.54, 1.807) is 35.1 Å². The van der Waals surface area contributed by atoms with Crippen LogP contribution in [0, 0.1) is 0 Å². The van der Waals surface area contributed by atoms with Gasteiger partial charge in [-0.1, -0.05) is 12.1 Å². The average molecular weight is 382 g/mol. The number of hydrogen-bond donors (Lipinski definition) is 1. The Morgan fingerprint density at radius 2 is 1.71 bits per heavy atom. The van der Waals surface area contributed by atoms with Gasteiger partial charge in [0.15, 0.2) is 0 Å². The van der Waals surface area contributed by atoms with E-state index in [1.807, 2.05) is 38.1 Å². The summed E-state index contributed by atoms with van der Waals surface area (Å²) in [7, 11) is 0. The van der Waals surface area contributed by atoms with E-state index in [1.165, 1.54) is 0 Å². The summed E-state index contributed by atoms with van der Waals surface area (Å²) >= 11 is 0. The van der Waals surface area contributed by atoms with Gasteiger partial charge in [-0.05, 0) is 38.1 Å². The van der Waals surface area contributed by atoms with Crippen molar-refractivity contribution < 1.29 is 14.3 Å². The molecule has 2 aromatic rings. The van der Waals surface area contributed by atoms with E-state index in [0.29, 0.717) is 37.6 Å². The summed E-state index contributed by atoms with van der Waals surface area (Å²) in [5, 5.41) is 3.24. The van der Waals surface area contributed by atoms with Crippen LogP contribution < -0.4 is 10.1 Å². The molecule has 2 amide bonds. The van der Waals surface area contributed by atoms with Gasteiger partial charge in [-0.25, -0.2) is 4.98 Å². The number of aromatic nitrogens is 1. The molecule has 0 aliphatic carbocycles. The van der Waals surface area contributed by atoms with Crippen LogP contribution in [0.2, 0.25) is 0 Å². The van der Waals surface area contributed by atoms with Gasteiger partial charge in [-0.2, -0.15) is 0 Å². The molecule has 7 heteroatoms. The van der Waals surface area contributed by atoms with Gasteiger partial charge in [0, 0.05) is 39.3 Å². The molecular weight excluding hydrogens is 356 g/mol. The SMILES string of the molecule is CC(=O)N1CCN(C(=O)c2ccc(Nc3ccccc3OC(C)C)nc2)CC1. The van der Waals surface area contributed by atoms with E-state index in [2.05, 4.69) is 10.3 Å². The van der Waals surface area contributed by atoms with E-state index in [4.69, 9.17) is 4.74 Å². The minimum Gasteiger partial charge on any atom is -0.489 e. The predicted octanol–water partition coefficient (Wildman–Crippen LogP) is 2.92. The van der Waals surface area contributed by atoms with Crippen molar-refractivity contribution in [1.29, 1.82) is 0 Å². The van der Waals surface area contributed by atoms with E-state index in [9.17, 15) is 9.59 Å². The third kappa shape index (κ3) is 4.79. The Kier molecular flexibility index (Phi) is 6.13. The van der Waals surface area contributed by atoms with Crippen molar-refractivity contribution in [3.05, 3.63) is 48.2 Å². The van der Waals surface area contributed by atoms with E-state index in [-0.39, 0.29) is 17.9 Å². The van der Waals surface area contributed by atoms with Gasteiger partial charge in [0.1, 0.15) is 11.6 Å². The number of amides is 2. The number of carbonyl (C=O) groups is 2. The largest absolute Gasteiger partial charge is 0.489 e. The zero-order valence-electron chi connectivity index (χ0n) is 16.5. The Labute approximate surface area is 165 Å². The summed E-state index contributed by atoms with van der Waals surface area (Å²) in [6.07, 6.45) is 1.65. The molecule has 0 bridgehead atoms. The third-order valence-electron chi connectivity index (χ3n) is 4.54. The van der Waals surface area contributed by atoms with Crippen molar-refractivity contribution >= 4 is 23.3 Å². The molecule has 0 saturated carbocycles. The molecule has 1 N–H and O–H groups in total. The molecule has 3 rings (SSSR count). The summed E-state index contributed by atoms with van der Waals surface area (Å²) in [5.74, 6) is 1.37.